The highest BCUT2D eigenvalue weighted by molar-refractivity contribution is 5.81. The van der Waals surface area contributed by atoms with Gasteiger partial charge in [0, 0.05) is 18.0 Å². The van der Waals surface area contributed by atoms with E-state index < -0.39 is 0 Å². The lowest BCUT2D eigenvalue weighted by atomic mass is 9.51. The molecule has 0 aromatic heterocycles. The second-order valence-corrected chi connectivity index (χ2v) is 7.02. The Morgan fingerprint density at radius 2 is 1.59 bits per heavy atom. The number of fused-ring (bicyclic) bond motifs is 2. The van der Waals surface area contributed by atoms with Gasteiger partial charge in [-0.05, 0) is 63.2 Å². The fraction of sp³-hybridized carbons (Fsp3) is 0.933. The number of rotatable bonds is 1. The zero-order valence-corrected chi connectivity index (χ0v) is 10.7. The highest BCUT2D eigenvalue weighted by atomic mass is 16.2. The number of piperidine rings is 1. The van der Waals surface area contributed by atoms with Crippen molar-refractivity contribution < 1.29 is 4.79 Å². The van der Waals surface area contributed by atoms with Crippen molar-refractivity contribution in [1.82, 2.24) is 4.90 Å². The third-order valence-electron chi connectivity index (χ3n) is 6.07. The van der Waals surface area contributed by atoms with Gasteiger partial charge in [-0.2, -0.15) is 0 Å². The molecule has 0 aromatic carbocycles. The van der Waals surface area contributed by atoms with E-state index in [1.54, 1.807) is 0 Å². The quantitative estimate of drug-likeness (QED) is 0.681. The van der Waals surface area contributed by atoms with Gasteiger partial charge in [-0.25, -0.2) is 0 Å². The zero-order chi connectivity index (χ0) is 11.5. The molecule has 2 unspecified atom stereocenters. The molecule has 17 heavy (non-hydrogen) atoms. The van der Waals surface area contributed by atoms with Crippen LogP contribution in [0, 0.1) is 11.3 Å². The summed E-state index contributed by atoms with van der Waals surface area (Å²) in [5.41, 5.74) is 0.648. The van der Waals surface area contributed by atoms with Gasteiger partial charge < -0.3 is 4.90 Å². The van der Waals surface area contributed by atoms with Crippen molar-refractivity contribution in [1.29, 1.82) is 0 Å². The maximum absolute atomic E-state index is 12.6. The number of carbonyl (C=O) groups excluding carboxylic acids is 1. The molecule has 4 fully saturated rings. The molecule has 2 saturated heterocycles. The predicted octanol–water partition coefficient (Wildman–Crippen LogP) is 3.11. The second-order valence-electron chi connectivity index (χ2n) is 7.02. The summed E-state index contributed by atoms with van der Waals surface area (Å²) in [7, 11) is 0. The monoisotopic (exact) mass is 233 g/mol. The summed E-state index contributed by atoms with van der Waals surface area (Å²) in [5, 5.41) is 0. The molecular weight excluding hydrogens is 210 g/mol. The van der Waals surface area contributed by atoms with Crippen molar-refractivity contribution in [2.45, 2.75) is 76.3 Å². The smallest absolute Gasteiger partial charge is 0.226 e. The Morgan fingerprint density at radius 3 is 2.12 bits per heavy atom. The standard InChI is InChI=1S/C15H23NO/c17-14(11-9-15(10-11)7-2-8-15)16-12-3-1-4-13(16)6-5-12/h11-13H,1-10H2. The molecule has 4 aliphatic rings. The predicted molar refractivity (Wildman–Crippen MR) is 66.5 cm³/mol. The maximum Gasteiger partial charge on any atom is 0.226 e. The molecule has 4 rings (SSSR count). The molecule has 2 nitrogen and oxygen atoms in total. The summed E-state index contributed by atoms with van der Waals surface area (Å²) in [6.07, 6.45) is 13.2. The average molecular weight is 233 g/mol. The van der Waals surface area contributed by atoms with Crippen molar-refractivity contribution in [3.05, 3.63) is 0 Å². The van der Waals surface area contributed by atoms with Crippen molar-refractivity contribution in [3.63, 3.8) is 0 Å². The van der Waals surface area contributed by atoms with Crippen LogP contribution in [0.2, 0.25) is 0 Å². The third-order valence-corrected chi connectivity index (χ3v) is 6.07. The molecule has 0 radical (unpaired) electrons. The van der Waals surface area contributed by atoms with Gasteiger partial charge in [-0.1, -0.05) is 6.42 Å². The Hall–Kier alpha value is -0.530. The Morgan fingerprint density at radius 1 is 0.941 bits per heavy atom. The molecule has 2 atom stereocenters. The first kappa shape index (κ1) is 10.4. The molecular formula is C15H23NO. The summed E-state index contributed by atoms with van der Waals surface area (Å²) in [5.74, 6) is 0.950. The van der Waals surface area contributed by atoms with E-state index in [2.05, 4.69) is 4.90 Å². The lowest BCUT2D eigenvalue weighted by Gasteiger charge is -2.55. The summed E-state index contributed by atoms with van der Waals surface area (Å²) in [6.45, 7) is 0. The molecule has 2 heterocycles. The van der Waals surface area contributed by atoms with Crippen molar-refractivity contribution >= 4 is 5.91 Å². The Labute approximate surface area is 104 Å². The number of hydrogen-bond acceptors (Lipinski definition) is 1. The largest absolute Gasteiger partial charge is 0.336 e. The van der Waals surface area contributed by atoms with Crippen LogP contribution in [0.25, 0.3) is 0 Å². The van der Waals surface area contributed by atoms with E-state index in [0.29, 0.717) is 29.3 Å². The highest BCUT2D eigenvalue weighted by Crippen LogP contribution is 2.59. The summed E-state index contributed by atoms with van der Waals surface area (Å²) in [6, 6.07) is 1.25. The SMILES string of the molecule is O=C(C1CC2(CCC2)C1)N1C2CCCC1CC2. The molecule has 2 bridgehead atoms. The Kier molecular flexibility index (Phi) is 2.13. The number of carbonyl (C=O) groups is 1. The van der Waals surface area contributed by atoms with E-state index in [1.165, 1.54) is 64.2 Å². The van der Waals surface area contributed by atoms with Gasteiger partial charge in [-0.15, -0.1) is 0 Å². The molecule has 0 aromatic rings. The zero-order valence-electron chi connectivity index (χ0n) is 10.7. The van der Waals surface area contributed by atoms with Gasteiger partial charge in [-0.3, -0.25) is 4.79 Å². The molecule has 94 valence electrons. The number of amides is 1. The maximum atomic E-state index is 12.6. The second kappa shape index (κ2) is 3.49. The van der Waals surface area contributed by atoms with E-state index in [-0.39, 0.29) is 0 Å². The van der Waals surface area contributed by atoms with Crippen LogP contribution in [0.1, 0.15) is 64.2 Å². The van der Waals surface area contributed by atoms with Gasteiger partial charge in [0.1, 0.15) is 0 Å². The van der Waals surface area contributed by atoms with Gasteiger partial charge in [0.2, 0.25) is 5.91 Å². The summed E-state index contributed by atoms with van der Waals surface area (Å²) >= 11 is 0. The number of nitrogens with zero attached hydrogens (tertiary/aromatic N) is 1. The molecule has 1 amide bonds. The van der Waals surface area contributed by atoms with Crippen LogP contribution in [-0.2, 0) is 4.79 Å². The molecule has 2 saturated carbocycles. The molecule has 1 spiro atoms. The Bertz CT molecular complexity index is 323. The first-order chi connectivity index (χ1) is 8.27. The van der Waals surface area contributed by atoms with Crippen LogP contribution in [0.3, 0.4) is 0 Å². The van der Waals surface area contributed by atoms with Crippen LogP contribution in [-0.4, -0.2) is 22.9 Å². The number of hydrogen-bond donors (Lipinski definition) is 0. The van der Waals surface area contributed by atoms with Crippen molar-refractivity contribution in [3.8, 4) is 0 Å². The van der Waals surface area contributed by atoms with Crippen LogP contribution in [0.4, 0.5) is 0 Å². The van der Waals surface area contributed by atoms with Gasteiger partial charge in [0.15, 0.2) is 0 Å². The first-order valence-corrected chi connectivity index (χ1v) is 7.60. The normalized spacial score (nSPS) is 38.9. The average Bonchev–Trinajstić information content (AvgIpc) is 2.44. The van der Waals surface area contributed by atoms with E-state index >= 15 is 0 Å². The minimum Gasteiger partial charge on any atom is -0.336 e. The first-order valence-electron chi connectivity index (χ1n) is 7.60. The van der Waals surface area contributed by atoms with E-state index in [0.717, 1.165) is 0 Å². The summed E-state index contributed by atoms with van der Waals surface area (Å²) in [4.78, 5) is 14.9. The van der Waals surface area contributed by atoms with Crippen molar-refractivity contribution in [2.75, 3.05) is 0 Å². The van der Waals surface area contributed by atoms with Crippen molar-refractivity contribution in [2.24, 2.45) is 11.3 Å². The molecule has 2 heteroatoms. The van der Waals surface area contributed by atoms with E-state index in [1.807, 2.05) is 0 Å². The van der Waals surface area contributed by atoms with E-state index in [9.17, 15) is 4.79 Å². The van der Waals surface area contributed by atoms with Gasteiger partial charge in [0.25, 0.3) is 0 Å². The lowest BCUT2D eigenvalue weighted by Crippen LogP contribution is -2.53. The third kappa shape index (κ3) is 1.42. The van der Waals surface area contributed by atoms with Gasteiger partial charge in [0.05, 0.1) is 0 Å². The van der Waals surface area contributed by atoms with Crippen LogP contribution >= 0.6 is 0 Å². The minimum absolute atomic E-state index is 0.413. The van der Waals surface area contributed by atoms with Crippen LogP contribution in [0.5, 0.6) is 0 Å². The molecule has 0 N–H and O–H groups in total. The molecule has 2 aliphatic carbocycles. The molecule has 2 aliphatic heterocycles. The highest BCUT2D eigenvalue weighted by Gasteiger charge is 2.53. The minimum atomic E-state index is 0.413. The summed E-state index contributed by atoms with van der Waals surface area (Å²) < 4.78 is 0. The van der Waals surface area contributed by atoms with Crippen LogP contribution in [0.15, 0.2) is 0 Å². The van der Waals surface area contributed by atoms with E-state index in [4.69, 9.17) is 0 Å². The van der Waals surface area contributed by atoms with Gasteiger partial charge >= 0.3 is 0 Å². The lowest BCUT2D eigenvalue weighted by molar-refractivity contribution is -0.152. The Balaban J connectivity index is 1.43. The van der Waals surface area contributed by atoms with Crippen LogP contribution < -0.4 is 0 Å². The fourth-order valence-corrected chi connectivity index (χ4v) is 4.93. The topological polar surface area (TPSA) is 20.3 Å². The fourth-order valence-electron chi connectivity index (χ4n) is 4.93.